The molecule has 1 aliphatic rings. The van der Waals surface area contributed by atoms with Gasteiger partial charge in [-0.05, 0) is 31.6 Å². The molecule has 0 bridgehead atoms. The van der Waals surface area contributed by atoms with Gasteiger partial charge in [-0.15, -0.1) is 0 Å². The largest absolute Gasteiger partial charge is 0.356 e. The van der Waals surface area contributed by atoms with E-state index < -0.39 is 0 Å². The van der Waals surface area contributed by atoms with E-state index in [4.69, 9.17) is 5.84 Å². The molecule has 1 aromatic rings. The molecule has 0 aliphatic carbocycles. The lowest BCUT2D eigenvalue weighted by Gasteiger charge is -2.24. The number of aromatic nitrogens is 2. The molecule has 0 aromatic carbocycles. The SMILES string of the molecule is CCc1c(NN)ncnc1N1CCCC(CC)CC1. The summed E-state index contributed by atoms with van der Waals surface area (Å²) in [4.78, 5) is 11.1. The predicted octanol–water partition coefficient (Wildman–Crippen LogP) is 2.34. The predicted molar refractivity (Wildman–Crippen MR) is 79.1 cm³/mol. The van der Waals surface area contributed by atoms with E-state index in [0.717, 1.165) is 42.6 Å². The minimum atomic E-state index is 0.754. The highest BCUT2D eigenvalue weighted by Crippen LogP contribution is 2.28. The molecule has 19 heavy (non-hydrogen) atoms. The van der Waals surface area contributed by atoms with E-state index in [1.54, 1.807) is 6.33 Å². The minimum Gasteiger partial charge on any atom is -0.356 e. The van der Waals surface area contributed by atoms with Crippen molar-refractivity contribution < 1.29 is 0 Å². The molecule has 2 rings (SSSR count). The van der Waals surface area contributed by atoms with Crippen LogP contribution in [0.25, 0.3) is 0 Å². The third-order valence-corrected chi connectivity index (χ3v) is 4.14. The van der Waals surface area contributed by atoms with Crippen molar-refractivity contribution in [1.29, 1.82) is 0 Å². The number of anilines is 2. The molecule has 5 heteroatoms. The standard InChI is InChI=1S/C14H25N5/c1-3-11-6-5-8-19(9-7-11)14-12(4-2)13(18-15)16-10-17-14/h10-11H,3-9,15H2,1-2H3,(H,16,17,18). The Balaban J connectivity index is 2.21. The second-order valence-electron chi connectivity index (χ2n) is 5.21. The summed E-state index contributed by atoms with van der Waals surface area (Å²) in [6.07, 6.45) is 7.62. The highest BCUT2D eigenvalue weighted by molar-refractivity contribution is 5.58. The summed E-state index contributed by atoms with van der Waals surface area (Å²) in [6, 6.07) is 0. The summed E-state index contributed by atoms with van der Waals surface area (Å²) < 4.78 is 0. The number of nitrogen functional groups attached to an aromatic ring is 1. The van der Waals surface area contributed by atoms with E-state index in [-0.39, 0.29) is 0 Å². The molecular weight excluding hydrogens is 238 g/mol. The normalized spacial score (nSPS) is 20.2. The summed E-state index contributed by atoms with van der Waals surface area (Å²) in [5, 5.41) is 0. The summed E-state index contributed by atoms with van der Waals surface area (Å²) in [5.74, 6) is 8.22. The average molecular weight is 263 g/mol. The van der Waals surface area contributed by atoms with Crippen molar-refractivity contribution in [2.45, 2.75) is 46.0 Å². The Morgan fingerprint density at radius 2 is 2.16 bits per heavy atom. The van der Waals surface area contributed by atoms with E-state index in [1.165, 1.54) is 25.7 Å². The number of nitrogens with two attached hydrogens (primary N) is 1. The lowest BCUT2D eigenvalue weighted by Crippen LogP contribution is -2.27. The number of nitrogens with zero attached hydrogens (tertiary/aromatic N) is 3. The van der Waals surface area contributed by atoms with E-state index in [1.807, 2.05) is 0 Å². The molecule has 5 nitrogen and oxygen atoms in total. The molecule has 3 N–H and O–H groups in total. The zero-order valence-corrected chi connectivity index (χ0v) is 12.0. The fourth-order valence-electron chi connectivity index (χ4n) is 2.91. The topological polar surface area (TPSA) is 67.1 Å². The minimum absolute atomic E-state index is 0.754. The molecule has 0 spiro atoms. The van der Waals surface area contributed by atoms with Gasteiger partial charge in [0.15, 0.2) is 0 Å². The molecule has 2 heterocycles. The number of hydrazine groups is 1. The average Bonchev–Trinajstić information content (AvgIpc) is 2.71. The van der Waals surface area contributed by atoms with Gasteiger partial charge < -0.3 is 10.3 Å². The summed E-state index contributed by atoms with van der Waals surface area (Å²) in [6.45, 7) is 6.59. The molecule has 1 unspecified atom stereocenters. The first-order chi connectivity index (χ1) is 9.30. The molecule has 0 radical (unpaired) electrons. The van der Waals surface area contributed by atoms with Crippen molar-refractivity contribution in [2.24, 2.45) is 11.8 Å². The van der Waals surface area contributed by atoms with Gasteiger partial charge >= 0.3 is 0 Å². The molecule has 1 saturated heterocycles. The van der Waals surface area contributed by atoms with Gasteiger partial charge in [-0.2, -0.15) is 0 Å². The number of rotatable bonds is 4. The van der Waals surface area contributed by atoms with Gasteiger partial charge in [0.25, 0.3) is 0 Å². The van der Waals surface area contributed by atoms with Crippen LogP contribution in [0.3, 0.4) is 0 Å². The van der Waals surface area contributed by atoms with Crippen LogP contribution in [0.15, 0.2) is 6.33 Å². The molecule has 0 saturated carbocycles. The number of nitrogens with one attached hydrogen (secondary N) is 1. The fraction of sp³-hybridized carbons (Fsp3) is 0.714. The van der Waals surface area contributed by atoms with Crippen molar-refractivity contribution in [3.8, 4) is 0 Å². The van der Waals surface area contributed by atoms with Gasteiger partial charge in [0.1, 0.15) is 18.0 Å². The molecule has 0 amide bonds. The van der Waals surface area contributed by atoms with Gasteiger partial charge in [-0.25, -0.2) is 15.8 Å². The summed E-state index contributed by atoms with van der Waals surface area (Å²) in [5.41, 5.74) is 3.81. The second kappa shape index (κ2) is 6.70. The maximum Gasteiger partial charge on any atom is 0.148 e. The van der Waals surface area contributed by atoms with Crippen LogP contribution in [0.4, 0.5) is 11.6 Å². The molecule has 1 atom stereocenters. The van der Waals surface area contributed by atoms with Crippen LogP contribution < -0.4 is 16.2 Å². The number of hydrogen-bond donors (Lipinski definition) is 2. The lowest BCUT2D eigenvalue weighted by molar-refractivity contribution is 0.459. The third kappa shape index (κ3) is 3.15. The van der Waals surface area contributed by atoms with E-state index >= 15 is 0 Å². The van der Waals surface area contributed by atoms with Gasteiger partial charge in [-0.3, -0.25) is 0 Å². The van der Waals surface area contributed by atoms with Crippen molar-refractivity contribution in [1.82, 2.24) is 9.97 Å². The van der Waals surface area contributed by atoms with Gasteiger partial charge in [0.2, 0.25) is 0 Å². The summed E-state index contributed by atoms with van der Waals surface area (Å²) in [7, 11) is 0. The Bertz CT molecular complexity index is 407. The van der Waals surface area contributed by atoms with Crippen molar-refractivity contribution in [3.05, 3.63) is 11.9 Å². The van der Waals surface area contributed by atoms with Gasteiger partial charge in [0.05, 0.1) is 0 Å². The second-order valence-corrected chi connectivity index (χ2v) is 5.21. The zero-order chi connectivity index (χ0) is 13.7. The first kappa shape index (κ1) is 14.1. The summed E-state index contributed by atoms with van der Waals surface area (Å²) >= 11 is 0. The molecular formula is C14H25N5. The smallest absolute Gasteiger partial charge is 0.148 e. The Kier molecular flexibility index (Phi) is 4.96. The van der Waals surface area contributed by atoms with E-state index in [2.05, 4.69) is 34.1 Å². The maximum atomic E-state index is 5.54. The van der Waals surface area contributed by atoms with Crippen LogP contribution in [0.1, 0.15) is 45.1 Å². The van der Waals surface area contributed by atoms with E-state index in [0.29, 0.717) is 0 Å². The fourth-order valence-corrected chi connectivity index (χ4v) is 2.91. The quantitative estimate of drug-likeness (QED) is 0.644. The zero-order valence-electron chi connectivity index (χ0n) is 12.0. The van der Waals surface area contributed by atoms with Crippen molar-refractivity contribution in [3.63, 3.8) is 0 Å². The van der Waals surface area contributed by atoms with Crippen LogP contribution in [-0.4, -0.2) is 23.1 Å². The monoisotopic (exact) mass is 263 g/mol. The highest BCUT2D eigenvalue weighted by Gasteiger charge is 2.20. The Morgan fingerprint density at radius 3 is 2.84 bits per heavy atom. The lowest BCUT2D eigenvalue weighted by atomic mass is 9.98. The number of hydrogen-bond acceptors (Lipinski definition) is 5. The van der Waals surface area contributed by atoms with Gasteiger partial charge in [-0.1, -0.05) is 20.3 Å². The molecule has 1 aliphatic heterocycles. The maximum absolute atomic E-state index is 5.54. The Morgan fingerprint density at radius 1 is 1.32 bits per heavy atom. The third-order valence-electron chi connectivity index (χ3n) is 4.14. The Hall–Kier alpha value is -1.36. The first-order valence-electron chi connectivity index (χ1n) is 7.35. The molecule has 106 valence electrons. The van der Waals surface area contributed by atoms with E-state index in [9.17, 15) is 0 Å². The van der Waals surface area contributed by atoms with Crippen molar-refractivity contribution in [2.75, 3.05) is 23.4 Å². The molecule has 1 fully saturated rings. The van der Waals surface area contributed by atoms with Gasteiger partial charge in [0, 0.05) is 18.7 Å². The first-order valence-corrected chi connectivity index (χ1v) is 7.35. The van der Waals surface area contributed by atoms with Crippen LogP contribution >= 0.6 is 0 Å². The highest BCUT2D eigenvalue weighted by atomic mass is 15.3. The Labute approximate surface area is 115 Å². The van der Waals surface area contributed by atoms with Crippen molar-refractivity contribution >= 4 is 11.6 Å². The molecule has 1 aromatic heterocycles. The van der Waals surface area contributed by atoms with Crippen LogP contribution in [-0.2, 0) is 6.42 Å². The van der Waals surface area contributed by atoms with Crippen LogP contribution in [0.5, 0.6) is 0 Å². The van der Waals surface area contributed by atoms with Crippen LogP contribution in [0.2, 0.25) is 0 Å². The van der Waals surface area contributed by atoms with Crippen LogP contribution in [0, 0.1) is 5.92 Å².